The van der Waals surface area contributed by atoms with Crippen molar-refractivity contribution in [2.75, 3.05) is 13.2 Å². The number of aliphatic hydroxyl groups excluding tert-OH is 6. The van der Waals surface area contributed by atoms with Gasteiger partial charge >= 0.3 is 31.4 Å². The standard InChI is InChI=1S/2C6H8O6.H2O.Zn/c2*7-1-2(8)5-3(9)4(10)6(11)12-5;;/h2*2,5,7-10H,1H2;1H2;/q;;;+2/p-2/t2*2?,5-;;/m11../s1. The first-order valence-electron chi connectivity index (χ1n) is 6.35. The maximum atomic E-state index is 10.8. The van der Waals surface area contributed by atoms with E-state index in [4.69, 9.17) is 30.6 Å². The number of carbonyl (C=O) groups is 2. The number of rotatable bonds is 4. The molecular formula is C12H16O13Zn. The first-order valence-corrected chi connectivity index (χ1v) is 6.35. The summed E-state index contributed by atoms with van der Waals surface area (Å²) in [6, 6.07) is 0. The van der Waals surface area contributed by atoms with Crippen molar-refractivity contribution < 1.29 is 84.9 Å². The largest absolute Gasteiger partial charge is 2.00 e. The summed E-state index contributed by atoms with van der Waals surface area (Å²) in [5.74, 6) is -6.40. The van der Waals surface area contributed by atoms with Gasteiger partial charge in [0, 0.05) is 0 Å². The number of aliphatic hydroxyl groups is 6. The minimum atomic E-state index is -1.48. The van der Waals surface area contributed by atoms with Crippen molar-refractivity contribution in [3.63, 3.8) is 0 Å². The molecule has 2 aliphatic rings. The first kappa shape index (κ1) is 26.3. The monoisotopic (exact) mass is 432 g/mol. The van der Waals surface area contributed by atoms with Crippen molar-refractivity contribution in [2.24, 2.45) is 0 Å². The van der Waals surface area contributed by atoms with Gasteiger partial charge < -0.3 is 55.8 Å². The van der Waals surface area contributed by atoms with E-state index < -0.39 is 72.6 Å². The second kappa shape index (κ2) is 10.9. The summed E-state index contributed by atoms with van der Waals surface area (Å²) in [6.45, 7) is -1.42. The molecule has 0 bridgehead atoms. The molecule has 2 rings (SSSR count). The van der Waals surface area contributed by atoms with E-state index >= 15 is 0 Å². The summed E-state index contributed by atoms with van der Waals surface area (Å²) in [7, 11) is 0. The molecule has 0 aromatic rings. The van der Waals surface area contributed by atoms with Gasteiger partial charge in [0.05, 0.1) is 13.2 Å². The molecule has 8 N–H and O–H groups in total. The van der Waals surface area contributed by atoms with Crippen LogP contribution in [0.5, 0.6) is 0 Å². The zero-order valence-corrected chi connectivity index (χ0v) is 16.0. The molecule has 0 spiro atoms. The van der Waals surface area contributed by atoms with Crippen LogP contribution in [0.2, 0.25) is 0 Å². The molecule has 2 unspecified atom stereocenters. The van der Waals surface area contributed by atoms with Crippen molar-refractivity contribution in [1.29, 1.82) is 0 Å². The van der Waals surface area contributed by atoms with E-state index in [1.807, 2.05) is 0 Å². The van der Waals surface area contributed by atoms with Gasteiger partial charge in [0.25, 0.3) is 0 Å². The minimum absolute atomic E-state index is 0. The van der Waals surface area contributed by atoms with Gasteiger partial charge in [0.2, 0.25) is 0 Å². The quantitative estimate of drug-likeness (QED) is 0.179. The van der Waals surface area contributed by atoms with Crippen molar-refractivity contribution in [3.05, 3.63) is 23.0 Å². The second-order valence-electron chi connectivity index (χ2n) is 4.58. The van der Waals surface area contributed by atoms with E-state index in [0.29, 0.717) is 0 Å². The summed E-state index contributed by atoms with van der Waals surface area (Å²) in [5.41, 5.74) is 0. The Bertz CT molecular complexity index is 521. The van der Waals surface area contributed by atoms with E-state index in [1.54, 1.807) is 0 Å². The molecule has 2 aliphatic heterocycles. The van der Waals surface area contributed by atoms with Crippen molar-refractivity contribution in [1.82, 2.24) is 0 Å². The molecule has 0 radical (unpaired) electrons. The Morgan fingerprint density at radius 1 is 0.846 bits per heavy atom. The third-order valence-electron chi connectivity index (χ3n) is 2.91. The Kier molecular flexibility index (Phi) is 11.0. The van der Waals surface area contributed by atoms with Crippen LogP contribution in [0.4, 0.5) is 0 Å². The summed E-state index contributed by atoms with van der Waals surface area (Å²) >= 11 is 0. The molecule has 26 heavy (non-hydrogen) atoms. The van der Waals surface area contributed by atoms with E-state index in [9.17, 15) is 19.8 Å². The normalized spacial score (nSPS) is 23.8. The van der Waals surface area contributed by atoms with Crippen LogP contribution in [0, 0.1) is 0 Å². The van der Waals surface area contributed by atoms with Gasteiger partial charge in [-0.1, -0.05) is 0 Å². The predicted octanol–water partition coefficient (Wildman–Crippen LogP) is -6.04. The topological polar surface area (TPSA) is 252 Å². The number of hydrogen-bond acceptors (Lipinski definition) is 12. The zero-order valence-electron chi connectivity index (χ0n) is 13.1. The summed E-state index contributed by atoms with van der Waals surface area (Å²) in [5, 5.41) is 73.6. The molecule has 0 fully saturated rings. The number of cyclic esters (lactones) is 2. The molecule has 4 atom stereocenters. The average Bonchev–Trinajstić information content (AvgIpc) is 2.98. The predicted molar refractivity (Wildman–Crippen MR) is 68.9 cm³/mol. The molecule has 0 aromatic carbocycles. The van der Waals surface area contributed by atoms with E-state index in [1.165, 1.54) is 0 Å². The summed E-state index contributed by atoms with van der Waals surface area (Å²) in [4.78, 5) is 21.0. The second-order valence-corrected chi connectivity index (χ2v) is 4.58. The van der Waals surface area contributed by atoms with Gasteiger partial charge in [-0.25, -0.2) is 9.59 Å². The van der Waals surface area contributed by atoms with Gasteiger partial charge in [-0.2, -0.15) is 0 Å². The third kappa shape index (κ3) is 5.52. The fourth-order valence-electron chi connectivity index (χ4n) is 1.62. The molecule has 2 heterocycles. The number of hydrogen-bond donors (Lipinski definition) is 6. The van der Waals surface area contributed by atoms with Crippen LogP contribution in [0.15, 0.2) is 23.0 Å². The number of ether oxygens (including phenoxy) is 2. The summed E-state index contributed by atoms with van der Waals surface area (Å²) in [6.07, 6.45) is -5.90. The molecule has 144 valence electrons. The molecule has 14 heteroatoms. The molecule has 0 aromatic heterocycles. The minimum Gasteiger partial charge on any atom is -0.870 e. The maximum absolute atomic E-state index is 10.8. The van der Waals surface area contributed by atoms with Crippen LogP contribution >= 0.6 is 0 Å². The molecule has 0 amide bonds. The van der Waals surface area contributed by atoms with Gasteiger partial charge in [-0.3, -0.25) is 0 Å². The Labute approximate surface area is 158 Å². The zero-order chi connectivity index (χ0) is 18.6. The van der Waals surface area contributed by atoms with Crippen LogP contribution in [-0.2, 0) is 38.5 Å². The van der Waals surface area contributed by atoms with Gasteiger partial charge in [-0.05, 0) is 11.5 Å². The van der Waals surface area contributed by atoms with Gasteiger partial charge in [0.15, 0.2) is 11.5 Å². The molecule has 13 nitrogen and oxygen atoms in total. The van der Waals surface area contributed by atoms with Crippen molar-refractivity contribution in [2.45, 2.75) is 24.4 Å². The van der Waals surface area contributed by atoms with E-state index in [2.05, 4.69) is 9.47 Å². The van der Waals surface area contributed by atoms with Crippen molar-refractivity contribution in [3.8, 4) is 0 Å². The Hall–Kier alpha value is -1.96. The van der Waals surface area contributed by atoms with E-state index in [-0.39, 0.29) is 25.0 Å². The molecule has 0 aliphatic carbocycles. The van der Waals surface area contributed by atoms with Crippen LogP contribution in [0.1, 0.15) is 0 Å². The van der Waals surface area contributed by atoms with Crippen LogP contribution in [0.25, 0.3) is 0 Å². The fraction of sp³-hybridized carbons (Fsp3) is 0.500. The van der Waals surface area contributed by atoms with Crippen LogP contribution in [0.3, 0.4) is 0 Å². The third-order valence-corrected chi connectivity index (χ3v) is 2.91. The first-order chi connectivity index (χ1) is 11.1. The maximum Gasteiger partial charge on any atom is 2.00 e. The smallest absolute Gasteiger partial charge is 0.870 e. The number of esters is 2. The van der Waals surface area contributed by atoms with Crippen LogP contribution in [-0.4, -0.2) is 85.7 Å². The SMILES string of the molecule is O.O=C1O[C@H](C(O)CO)C([O-])=C1O.O=C1O[C@H](C(O)CO)C([O-])=C1O.[Zn+2]. The average molecular weight is 434 g/mol. The molecule has 0 saturated heterocycles. The van der Waals surface area contributed by atoms with E-state index in [0.717, 1.165) is 0 Å². The number of carbonyl (C=O) groups excluding carboxylic acids is 2. The molecule has 0 saturated carbocycles. The Morgan fingerprint density at radius 2 is 1.12 bits per heavy atom. The van der Waals surface area contributed by atoms with Crippen molar-refractivity contribution >= 4 is 11.9 Å². The fourth-order valence-corrected chi connectivity index (χ4v) is 1.62. The van der Waals surface area contributed by atoms with Crippen LogP contribution < -0.4 is 10.2 Å². The Morgan fingerprint density at radius 3 is 1.27 bits per heavy atom. The van der Waals surface area contributed by atoms with Gasteiger partial charge in [-0.15, -0.1) is 0 Å². The van der Waals surface area contributed by atoms with Gasteiger partial charge in [0.1, 0.15) is 24.4 Å². The molecular weight excluding hydrogens is 418 g/mol. The summed E-state index contributed by atoms with van der Waals surface area (Å²) < 4.78 is 8.51. The Balaban J connectivity index is 0.